The summed E-state index contributed by atoms with van der Waals surface area (Å²) in [6.45, 7) is 6.03. The van der Waals surface area contributed by atoms with Crippen molar-refractivity contribution in [2.75, 3.05) is 32.5 Å². The molecule has 42 heavy (non-hydrogen) atoms. The highest BCUT2D eigenvalue weighted by atomic mass is 19.4. The minimum atomic E-state index is -5.08. The molecule has 1 fully saturated rings. The highest BCUT2D eigenvalue weighted by Gasteiger charge is 2.38. The van der Waals surface area contributed by atoms with Gasteiger partial charge in [0, 0.05) is 44.4 Å². The lowest BCUT2D eigenvalue weighted by atomic mass is 9.76. The molecule has 3 N–H and O–H groups in total. The smallest absolute Gasteiger partial charge is 0.475 e. The van der Waals surface area contributed by atoms with Gasteiger partial charge in [0.15, 0.2) is 5.82 Å². The number of likely N-dealkylation sites (N-methyl/N-ethyl adjacent to an activating group) is 2. The number of anilines is 1. The number of nitriles is 2. The summed E-state index contributed by atoms with van der Waals surface area (Å²) < 4.78 is 31.7. The van der Waals surface area contributed by atoms with E-state index in [4.69, 9.17) is 20.4 Å². The Kier molecular flexibility index (Phi) is 9.63. The standard InChI is InChI=1S/C26H30N8O.C2HF3O2/c1-26(2)9-7-17(8-10-26)21-11-18(19-14-33(3)25(30-16-28)34(4)15-19)5-6-22(21)32-24(35)23-29-13-20(12-27)31-23;3-2(4,5)1(6)7/h5-7,11,13,19H,8-10,14-15H2,1-4H3,(H,29,31)(H,32,35);(H,6,7). The molecule has 4 rings (SSSR count). The lowest BCUT2D eigenvalue weighted by molar-refractivity contribution is -0.192. The first kappa shape index (κ1) is 31.7. The second-order valence-corrected chi connectivity index (χ2v) is 10.9. The Bertz CT molecular complexity index is 1470. The van der Waals surface area contributed by atoms with Gasteiger partial charge >= 0.3 is 12.1 Å². The molecule has 11 nitrogen and oxygen atoms in total. The number of imidazole rings is 1. The third-order valence-electron chi connectivity index (χ3n) is 7.06. The van der Waals surface area contributed by atoms with E-state index < -0.39 is 12.1 Å². The van der Waals surface area contributed by atoms with Crippen molar-refractivity contribution in [2.24, 2.45) is 10.4 Å². The first-order valence-electron chi connectivity index (χ1n) is 12.9. The predicted octanol–water partition coefficient (Wildman–Crippen LogP) is 4.56. The molecule has 1 aromatic carbocycles. The molecule has 222 valence electrons. The fourth-order valence-electron chi connectivity index (χ4n) is 4.79. The average Bonchev–Trinajstić information content (AvgIpc) is 3.40. The minimum Gasteiger partial charge on any atom is -0.475 e. The lowest BCUT2D eigenvalue weighted by Crippen LogP contribution is -2.49. The molecule has 0 atom stereocenters. The van der Waals surface area contributed by atoms with Gasteiger partial charge < -0.3 is 25.2 Å². The number of benzene rings is 1. The summed E-state index contributed by atoms with van der Waals surface area (Å²) in [5, 5.41) is 28.1. The van der Waals surface area contributed by atoms with Gasteiger partial charge in [-0.15, -0.1) is 4.99 Å². The van der Waals surface area contributed by atoms with Gasteiger partial charge in [-0.3, -0.25) is 4.79 Å². The third kappa shape index (κ3) is 7.87. The number of rotatable bonds is 4. The third-order valence-corrected chi connectivity index (χ3v) is 7.06. The largest absolute Gasteiger partial charge is 0.490 e. The molecule has 2 aromatic rings. The first-order chi connectivity index (χ1) is 19.6. The normalized spacial score (nSPS) is 18.1. The van der Waals surface area contributed by atoms with E-state index in [0.717, 1.165) is 43.6 Å². The van der Waals surface area contributed by atoms with Crippen LogP contribution in [0.2, 0.25) is 0 Å². The number of allylic oxidation sites excluding steroid dienone is 2. The van der Waals surface area contributed by atoms with Crippen molar-refractivity contribution in [3.8, 4) is 12.3 Å². The monoisotopic (exact) mass is 584 g/mol. The highest BCUT2D eigenvalue weighted by Crippen LogP contribution is 2.41. The Morgan fingerprint density at radius 2 is 1.86 bits per heavy atom. The van der Waals surface area contributed by atoms with Crippen LogP contribution < -0.4 is 5.32 Å². The number of hydrogen-bond acceptors (Lipinski definition) is 6. The van der Waals surface area contributed by atoms with E-state index in [0.29, 0.717) is 5.96 Å². The number of aromatic nitrogens is 2. The van der Waals surface area contributed by atoms with Crippen LogP contribution in [0, 0.1) is 28.2 Å². The van der Waals surface area contributed by atoms with Crippen LogP contribution in [0.5, 0.6) is 0 Å². The van der Waals surface area contributed by atoms with Crippen LogP contribution in [0.4, 0.5) is 18.9 Å². The van der Waals surface area contributed by atoms with Crippen LogP contribution in [0.15, 0.2) is 35.5 Å². The number of halogens is 3. The lowest BCUT2D eigenvalue weighted by Gasteiger charge is -2.39. The molecule has 1 aliphatic heterocycles. The minimum absolute atomic E-state index is 0.107. The zero-order valence-electron chi connectivity index (χ0n) is 23.6. The van der Waals surface area contributed by atoms with Crippen molar-refractivity contribution in [1.82, 2.24) is 19.8 Å². The molecule has 0 radical (unpaired) electrons. The second kappa shape index (κ2) is 12.8. The number of nitrogens with one attached hydrogen (secondary N) is 2. The summed E-state index contributed by atoms with van der Waals surface area (Å²) >= 11 is 0. The molecule has 1 aromatic heterocycles. The number of aliphatic carboxylic acids is 1. The Morgan fingerprint density at radius 1 is 1.21 bits per heavy atom. The van der Waals surface area contributed by atoms with Gasteiger partial charge in [-0.2, -0.15) is 23.7 Å². The molecule has 0 saturated carbocycles. The maximum Gasteiger partial charge on any atom is 0.490 e. The number of carboxylic acids is 1. The van der Waals surface area contributed by atoms with Crippen LogP contribution in [0.25, 0.3) is 5.57 Å². The molecular weight excluding hydrogens is 553 g/mol. The van der Waals surface area contributed by atoms with Gasteiger partial charge in [-0.1, -0.05) is 26.0 Å². The topological polar surface area (TPSA) is 161 Å². The molecule has 0 spiro atoms. The van der Waals surface area contributed by atoms with Crippen LogP contribution >= 0.6 is 0 Å². The van der Waals surface area contributed by atoms with E-state index in [1.807, 2.05) is 48.3 Å². The summed E-state index contributed by atoms with van der Waals surface area (Å²) in [6.07, 6.45) is 3.43. The second-order valence-electron chi connectivity index (χ2n) is 10.9. The number of aliphatic imine (C=N–C) groups is 1. The Labute approximate surface area is 241 Å². The molecule has 2 heterocycles. The van der Waals surface area contributed by atoms with Crippen molar-refractivity contribution >= 4 is 29.1 Å². The predicted molar refractivity (Wildman–Crippen MR) is 148 cm³/mol. The molecule has 1 amide bonds. The van der Waals surface area contributed by atoms with Crippen molar-refractivity contribution in [3.63, 3.8) is 0 Å². The molecule has 14 heteroatoms. The van der Waals surface area contributed by atoms with Crippen molar-refractivity contribution in [2.45, 2.75) is 45.2 Å². The van der Waals surface area contributed by atoms with Gasteiger partial charge in [-0.25, -0.2) is 9.78 Å². The zero-order chi connectivity index (χ0) is 31.2. The molecule has 1 aliphatic carbocycles. The SMILES string of the molecule is CN1CC(c2ccc(NC(=O)c3ncc(C#N)[nH]3)c(C3=CCC(C)(C)CC3)c2)CN(C)C1=NC#N.O=C(O)C(F)(F)F. The van der Waals surface area contributed by atoms with Crippen LogP contribution in [-0.4, -0.2) is 76.1 Å². The maximum absolute atomic E-state index is 12.9. The summed E-state index contributed by atoms with van der Waals surface area (Å²) in [5.74, 6) is -2.15. The van der Waals surface area contributed by atoms with Gasteiger partial charge in [-0.05, 0) is 47.9 Å². The van der Waals surface area contributed by atoms with Crippen molar-refractivity contribution < 1.29 is 27.9 Å². The van der Waals surface area contributed by atoms with E-state index in [2.05, 4.69) is 46.3 Å². The average molecular weight is 585 g/mol. The number of aromatic amines is 1. The number of carbonyl (C=O) groups is 2. The van der Waals surface area contributed by atoms with Crippen LogP contribution in [-0.2, 0) is 4.79 Å². The van der Waals surface area contributed by atoms with Crippen LogP contribution in [0.1, 0.15) is 66.5 Å². The summed E-state index contributed by atoms with van der Waals surface area (Å²) in [7, 11) is 3.89. The molecule has 0 bridgehead atoms. The first-order valence-corrected chi connectivity index (χ1v) is 12.9. The zero-order valence-corrected chi connectivity index (χ0v) is 23.6. The fraction of sp³-hybridized carbons (Fsp3) is 0.429. The number of amides is 1. The van der Waals surface area contributed by atoms with Gasteiger partial charge in [0.25, 0.3) is 5.91 Å². The maximum atomic E-state index is 12.9. The Morgan fingerprint density at radius 3 is 2.36 bits per heavy atom. The number of alkyl halides is 3. The van der Waals surface area contributed by atoms with Gasteiger partial charge in [0.05, 0.1) is 6.20 Å². The number of carboxylic acid groups (broad SMARTS) is 1. The summed E-state index contributed by atoms with van der Waals surface area (Å²) in [4.78, 5) is 36.5. The Balaban J connectivity index is 0.000000616. The van der Waals surface area contributed by atoms with E-state index >= 15 is 0 Å². The summed E-state index contributed by atoms with van der Waals surface area (Å²) in [6, 6.07) is 8.14. The van der Waals surface area contributed by atoms with Gasteiger partial charge in [0.2, 0.25) is 12.2 Å². The van der Waals surface area contributed by atoms with E-state index in [-0.39, 0.29) is 28.8 Å². The van der Waals surface area contributed by atoms with E-state index in [1.165, 1.54) is 17.3 Å². The molecule has 1 saturated heterocycles. The highest BCUT2D eigenvalue weighted by molar-refractivity contribution is 6.03. The fourth-order valence-corrected chi connectivity index (χ4v) is 4.79. The Hall–Kier alpha value is -4.85. The number of guanidine groups is 1. The van der Waals surface area contributed by atoms with E-state index in [9.17, 15) is 18.0 Å². The van der Waals surface area contributed by atoms with Gasteiger partial charge in [0.1, 0.15) is 11.8 Å². The van der Waals surface area contributed by atoms with Crippen molar-refractivity contribution in [3.05, 3.63) is 53.1 Å². The number of hydrogen-bond donors (Lipinski definition) is 3. The van der Waals surface area contributed by atoms with E-state index in [1.54, 1.807) is 0 Å². The molecular formula is C28H31F3N8O3. The molecule has 0 unspecified atom stereocenters. The number of H-pyrrole nitrogens is 1. The number of nitrogens with zero attached hydrogens (tertiary/aromatic N) is 6. The van der Waals surface area contributed by atoms with Crippen molar-refractivity contribution in [1.29, 1.82) is 10.5 Å². The van der Waals surface area contributed by atoms with Crippen LogP contribution in [0.3, 0.4) is 0 Å². The summed E-state index contributed by atoms with van der Waals surface area (Å²) in [5.41, 5.74) is 4.64. The number of carbonyl (C=O) groups excluding carboxylic acids is 1. The molecule has 2 aliphatic rings. The quantitative estimate of drug-likeness (QED) is 0.441.